The maximum Gasteiger partial charge on any atom is 0.495 e. The molecule has 0 atom stereocenters. The molecule has 0 aromatic rings. The minimum Gasteiger partial charge on any atom is -0.461 e. The Morgan fingerprint density at radius 3 is 2.07 bits per heavy atom. The van der Waals surface area contributed by atoms with Gasteiger partial charge >= 0.3 is 30.6 Å². The number of hydrogen-bond donors (Lipinski definition) is 2. The van der Waals surface area contributed by atoms with Gasteiger partial charge in [0.1, 0.15) is 13.2 Å². The predicted octanol–water partition coefficient (Wildman–Crippen LogP) is 1.22. The minimum absolute atomic E-state index is 0.369. The Labute approximate surface area is 154 Å². The van der Waals surface area contributed by atoms with Crippen LogP contribution in [-0.2, 0) is 28.5 Å². The molecule has 0 fully saturated rings. The van der Waals surface area contributed by atoms with Gasteiger partial charge in [0.2, 0.25) is 0 Å². The molecule has 0 heterocycles. The van der Waals surface area contributed by atoms with Crippen molar-refractivity contribution in [1.29, 1.82) is 0 Å². The molecule has 0 rings (SSSR count). The number of ether oxygens (including phenoxy) is 5. The van der Waals surface area contributed by atoms with Gasteiger partial charge in [-0.15, -0.1) is 8.78 Å². The number of carbonyl (C=O) groups is 2. The van der Waals surface area contributed by atoms with Gasteiger partial charge in [0, 0.05) is 6.08 Å². The van der Waals surface area contributed by atoms with Crippen LogP contribution in [0, 0.1) is 0 Å². The van der Waals surface area contributed by atoms with E-state index >= 15 is 0 Å². The molecule has 0 saturated carbocycles. The average molecular weight is 429 g/mol. The van der Waals surface area contributed by atoms with Gasteiger partial charge in [-0.2, -0.15) is 17.6 Å². The molecule has 0 radical (unpaired) electrons. The van der Waals surface area contributed by atoms with E-state index in [4.69, 9.17) is 5.11 Å². The van der Waals surface area contributed by atoms with Crippen molar-refractivity contribution in [2.24, 2.45) is 0 Å². The van der Waals surface area contributed by atoms with Crippen LogP contribution in [0.5, 0.6) is 0 Å². The number of halogens is 6. The summed E-state index contributed by atoms with van der Waals surface area (Å²) < 4.78 is 96.7. The van der Waals surface area contributed by atoms with Crippen molar-refractivity contribution >= 4 is 12.1 Å². The number of alkyl carbamates (subject to hydrolysis) is 1. The fraction of sp³-hybridized carbons (Fsp3) is 0.692. The second-order valence-electron chi connectivity index (χ2n) is 4.59. The van der Waals surface area contributed by atoms with Crippen molar-refractivity contribution in [3.63, 3.8) is 0 Å². The maximum absolute atomic E-state index is 13.2. The van der Waals surface area contributed by atoms with E-state index in [1.807, 2.05) is 5.32 Å². The van der Waals surface area contributed by atoms with Crippen molar-refractivity contribution in [3.8, 4) is 0 Å². The van der Waals surface area contributed by atoms with E-state index in [2.05, 4.69) is 30.3 Å². The zero-order valence-electron chi connectivity index (χ0n) is 14.1. The van der Waals surface area contributed by atoms with Gasteiger partial charge in [0.05, 0.1) is 19.8 Å². The summed E-state index contributed by atoms with van der Waals surface area (Å²) in [6, 6.07) is 0. The lowest BCUT2D eigenvalue weighted by Gasteiger charge is -2.26. The van der Waals surface area contributed by atoms with Gasteiger partial charge in [0.15, 0.2) is 6.61 Å². The highest BCUT2D eigenvalue weighted by molar-refractivity contribution is 5.81. The Bertz CT molecular complexity index is 519. The molecule has 2 N–H and O–H groups in total. The molecule has 0 bridgehead atoms. The van der Waals surface area contributed by atoms with Crippen LogP contribution in [0.4, 0.5) is 31.1 Å². The number of rotatable bonds is 14. The number of amides is 1. The van der Waals surface area contributed by atoms with Crippen LogP contribution in [0.2, 0.25) is 0 Å². The SMILES string of the molecule is C=CC(=O)OCCNC(=O)OCC(F)(F)OC(F)(F)OC(F)(F)COCCO. The molecule has 0 aromatic carbocycles. The van der Waals surface area contributed by atoms with Crippen LogP contribution in [0.3, 0.4) is 0 Å². The Kier molecular flexibility index (Phi) is 10.8. The fourth-order valence-electron chi connectivity index (χ4n) is 1.25. The summed E-state index contributed by atoms with van der Waals surface area (Å²) in [5.74, 6) is -0.823. The van der Waals surface area contributed by atoms with E-state index in [-0.39, 0.29) is 13.2 Å². The molecule has 15 heteroatoms. The molecule has 0 unspecified atom stereocenters. The lowest BCUT2D eigenvalue weighted by Crippen LogP contribution is -2.44. The lowest BCUT2D eigenvalue weighted by molar-refractivity contribution is -0.517. The Balaban J connectivity index is 4.35. The molecule has 164 valence electrons. The van der Waals surface area contributed by atoms with E-state index in [1.54, 1.807) is 0 Å². The van der Waals surface area contributed by atoms with Crippen LogP contribution in [-0.4, -0.2) is 75.3 Å². The highest BCUT2D eigenvalue weighted by atomic mass is 19.3. The molecule has 1 amide bonds. The highest BCUT2D eigenvalue weighted by Gasteiger charge is 2.52. The van der Waals surface area contributed by atoms with E-state index in [0.717, 1.165) is 6.08 Å². The van der Waals surface area contributed by atoms with Crippen LogP contribution in [0.15, 0.2) is 12.7 Å². The number of hydrogen-bond acceptors (Lipinski definition) is 8. The van der Waals surface area contributed by atoms with Crippen LogP contribution >= 0.6 is 0 Å². The zero-order chi connectivity index (χ0) is 21.8. The third-order valence-electron chi connectivity index (χ3n) is 2.20. The first-order chi connectivity index (χ1) is 12.8. The molecule has 0 spiro atoms. The summed E-state index contributed by atoms with van der Waals surface area (Å²) >= 11 is 0. The first-order valence-electron chi connectivity index (χ1n) is 7.25. The summed E-state index contributed by atoms with van der Waals surface area (Å²) in [5.41, 5.74) is 0. The lowest BCUT2D eigenvalue weighted by atomic mass is 10.6. The summed E-state index contributed by atoms with van der Waals surface area (Å²) in [7, 11) is 0. The third-order valence-corrected chi connectivity index (χ3v) is 2.20. The van der Waals surface area contributed by atoms with Crippen molar-refractivity contribution < 1.29 is 64.7 Å². The number of aliphatic hydroxyl groups is 1. The van der Waals surface area contributed by atoms with Crippen LogP contribution < -0.4 is 5.32 Å². The minimum atomic E-state index is -5.48. The quantitative estimate of drug-likeness (QED) is 0.139. The van der Waals surface area contributed by atoms with E-state index in [9.17, 15) is 35.9 Å². The highest BCUT2D eigenvalue weighted by Crippen LogP contribution is 2.33. The Morgan fingerprint density at radius 1 is 0.964 bits per heavy atom. The molecule has 0 saturated heterocycles. The second-order valence-corrected chi connectivity index (χ2v) is 4.59. The normalized spacial score (nSPS) is 12.4. The van der Waals surface area contributed by atoms with Crippen LogP contribution in [0.25, 0.3) is 0 Å². The van der Waals surface area contributed by atoms with Gasteiger partial charge in [-0.05, 0) is 0 Å². The van der Waals surface area contributed by atoms with Crippen molar-refractivity contribution in [3.05, 3.63) is 12.7 Å². The summed E-state index contributed by atoms with van der Waals surface area (Å²) in [6.45, 7) is -2.84. The largest absolute Gasteiger partial charge is 0.495 e. The Morgan fingerprint density at radius 2 is 1.54 bits per heavy atom. The number of aliphatic hydroxyl groups excluding tert-OH is 1. The number of carbonyl (C=O) groups excluding carboxylic acids is 2. The van der Waals surface area contributed by atoms with Gasteiger partial charge in [-0.25, -0.2) is 19.1 Å². The summed E-state index contributed by atoms with van der Waals surface area (Å²) in [6.07, 6.45) is -15.8. The van der Waals surface area contributed by atoms with Gasteiger partial charge in [-0.3, -0.25) is 0 Å². The second kappa shape index (κ2) is 11.7. The molecular formula is C13H17F6NO8. The topological polar surface area (TPSA) is 113 Å². The molecular weight excluding hydrogens is 412 g/mol. The number of nitrogens with one attached hydrogen (secondary N) is 1. The number of alkyl halides is 6. The van der Waals surface area contributed by atoms with Crippen molar-refractivity contribution in [2.75, 3.05) is 39.6 Å². The van der Waals surface area contributed by atoms with Crippen molar-refractivity contribution in [2.45, 2.75) is 18.5 Å². The number of esters is 1. The van der Waals surface area contributed by atoms with E-state index in [0.29, 0.717) is 0 Å². The fourth-order valence-corrected chi connectivity index (χ4v) is 1.25. The predicted molar refractivity (Wildman–Crippen MR) is 75.4 cm³/mol. The summed E-state index contributed by atoms with van der Waals surface area (Å²) in [5, 5.41) is 10.1. The van der Waals surface area contributed by atoms with Crippen LogP contribution in [0.1, 0.15) is 0 Å². The molecule has 9 nitrogen and oxygen atoms in total. The first-order valence-corrected chi connectivity index (χ1v) is 7.25. The average Bonchev–Trinajstić information content (AvgIpc) is 2.54. The molecule has 0 aliphatic heterocycles. The molecule has 0 aliphatic rings. The van der Waals surface area contributed by atoms with Gasteiger partial charge in [-0.1, -0.05) is 6.58 Å². The summed E-state index contributed by atoms with van der Waals surface area (Å²) in [4.78, 5) is 21.8. The zero-order valence-corrected chi connectivity index (χ0v) is 14.1. The third kappa shape index (κ3) is 13.1. The van der Waals surface area contributed by atoms with E-state index < -0.39 is 57.0 Å². The first kappa shape index (κ1) is 25.9. The molecule has 0 aliphatic carbocycles. The maximum atomic E-state index is 13.2. The molecule has 0 aromatic heterocycles. The molecule has 28 heavy (non-hydrogen) atoms. The Hall–Kier alpha value is -2.10. The van der Waals surface area contributed by atoms with Crippen molar-refractivity contribution in [1.82, 2.24) is 5.32 Å². The standard InChI is InChI=1S/C13H17F6NO8/c1-2-9(22)25-5-3-20-10(23)26-8-12(16,17)28-13(18,19)27-11(14,15)7-24-6-4-21/h2,21H,1,3-8H2,(H,20,23). The van der Waals surface area contributed by atoms with Gasteiger partial charge in [0.25, 0.3) is 0 Å². The monoisotopic (exact) mass is 429 g/mol. The smallest absolute Gasteiger partial charge is 0.461 e. The van der Waals surface area contributed by atoms with Gasteiger partial charge < -0.3 is 24.6 Å². The van der Waals surface area contributed by atoms with E-state index in [1.165, 1.54) is 0 Å².